The highest BCUT2D eigenvalue weighted by Gasteiger charge is 2.16. The summed E-state index contributed by atoms with van der Waals surface area (Å²) in [6.45, 7) is 10.1. The molecule has 0 saturated carbocycles. The molecule has 1 unspecified atom stereocenters. The lowest BCUT2D eigenvalue weighted by atomic mass is 10.1. The third kappa shape index (κ3) is 3.32. The molecule has 4 nitrogen and oxygen atoms in total. The summed E-state index contributed by atoms with van der Waals surface area (Å²) < 4.78 is 2.05. The summed E-state index contributed by atoms with van der Waals surface area (Å²) in [4.78, 5) is 0. The second-order valence-corrected chi connectivity index (χ2v) is 5.31. The van der Waals surface area contributed by atoms with E-state index in [1.165, 1.54) is 16.8 Å². The molecule has 1 atom stereocenters. The third-order valence-electron chi connectivity index (χ3n) is 3.87. The van der Waals surface area contributed by atoms with Gasteiger partial charge in [0.25, 0.3) is 0 Å². The van der Waals surface area contributed by atoms with E-state index in [0.29, 0.717) is 5.56 Å². The van der Waals surface area contributed by atoms with Crippen LogP contribution in [0, 0.1) is 25.2 Å². The number of hydrogen-bond acceptors (Lipinski definition) is 3. The Morgan fingerprint density at radius 2 is 1.95 bits per heavy atom. The monoisotopic (exact) mass is 282 g/mol. The van der Waals surface area contributed by atoms with Gasteiger partial charge in [-0.05, 0) is 45.4 Å². The number of benzene rings is 1. The molecule has 110 valence electrons. The maximum atomic E-state index is 8.81. The fourth-order valence-electron chi connectivity index (χ4n) is 2.72. The Hall–Kier alpha value is -2.12. The zero-order chi connectivity index (χ0) is 15.4. The largest absolute Gasteiger partial charge is 0.306 e. The molecule has 0 amide bonds. The van der Waals surface area contributed by atoms with Crippen molar-refractivity contribution in [2.75, 3.05) is 0 Å². The molecular weight excluding hydrogens is 260 g/mol. The number of hydrogen-bond donors (Lipinski definition) is 1. The molecule has 0 fully saturated rings. The van der Waals surface area contributed by atoms with E-state index in [4.69, 9.17) is 5.26 Å². The summed E-state index contributed by atoms with van der Waals surface area (Å²) in [6, 6.07) is 10.1. The Bertz CT molecular complexity index is 647. The van der Waals surface area contributed by atoms with Gasteiger partial charge in [-0.2, -0.15) is 10.4 Å². The van der Waals surface area contributed by atoms with Crippen LogP contribution in [0.2, 0.25) is 0 Å². The van der Waals surface area contributed by atoms with E-state index < -0.39 is 0 Å². The highest BCUT2D eigenvalue weighted by Crippen LogP contribution is 2.21. The van der Waals surface area contributed by atoms with E-state index in [9.17, 15) is 0 Å². The third-order valence-corrected chi connectivity index (χ3v) is 3.87. The maximum Gasteiger partial charge on any atom is 0.0991 e. The molecule has 1 aromatic carbocycles. The van der Waals surface area contributed by atoms with E-state index in [1.54, 1.807) is 0 Å². The number of aromatic nitrogens is 2. The first-order valence-corrected chi connectivity index (χ1v) is 7.33. The van der Waals surface area contributed by atoms with Crippen LogP contribution in [0.5, 0.6) is 0 Å². The van der Waals surface area contributed by atoms with Crippen LogP contribution in [0.4, 0.5) is 0 Å². The smallest absolute Gasteiger partial charge is 0.0991 e. The lowest BCUT2D eigenvalue weighted by Gasteiger charge is -2.15. The van der Waals surface area contributed by atoms with E-state index in [1.807, 2.05) is 28.9 Å². The lowest BCUT2D eigenvalue weighted by Crippen LogP contribution is -2.19. The Kier molecular flexibility index (Phi) is 4.77. The van der Waals surface area contributed by atoms with Crippen LogP contribution in [0.1, 0.15) is 48.0 Å². The molecule has 21 heavy (non-hydrogen) atoms. The molecule has 4 heteroatoms. The van der Waals surface area contributed by atoms with Gasteiger partial charge in [-0.3, -0.25) is 4.68 Å². The first kappa shape index (κ1) is 15.3. The van der Waals surface area contributed by atoms with E-state index in [0.717, 1.165) is 18.8 Å². The van der Waals surface area contributed by atoms with Gasteiger partial charge in [0.05, 0.1) is 17.3 Å². The van der Waals surface area contributed by atoms with Crippen molar-refractivity contribution in [3.63, 3.8) is 0 Å². The molecule has 1 heterocycles. The number of aryl methyl sites for hydroxylation is 2. The second kappa shape index (κ2) is 6.55. The first-order valence-electron chi connectivity index (χ1n) is 7.33. The summed E-state index contributed by atoms with van der Waals surface area (Å²) in [5.41, 5.74) is 5.48. The molecule has 2 rings (SSSR count). The van der Waals surface area contributed by atoms with Crippen molar-refractivity contribution < 1.29 is 0 Å². The van der Waals surface area contributed by atoms with Crippen LogP contribution < -0.4 is 5.32 Å². The number of rotatable bonds is 5. The first-order chi connectivity index (χ1) is 10.1. The van der Waals surface area contributed by atoms with Crippen LogP contribution in [0.25, 0.3) is 0 Å². The van der Waals surface area contributed by atoms with E-state index in [-0.39, 0.29) is 6.04 Å². The number of nitrogens with zero attached hydrogens (tertiary/aromatic N) is 3. The minimum absolute atomic E-state index is 0.251. The van der Waals surface area contributed by atoms with Crippen molar-refractivity contribution in [3.8, 4) is 6.07 Å². The summed E-state index contributed by atoms with van der Waals surface area (Å²) in [6.07, 6.45) is 0. The van der Waals surface area contributed by atoms with Crippen LogP contribution in [-0.2, 0) is 13.1 Å². The minimum atomic E-state index is 0.251. The molecule has 0 aliphatic heterocycles. The number of nitrogens with one attached hydrogen (secondary N) is 1. The SMILES string of the molecule is CCn1nc(C)c(C(C)NCc2ccc(C#N)cc2)c1C. The van der Waals surface area contributed by atoms with Gasteiger partial charge >= 0.3 is 0 Å². The second-order valence-electron chi connectivity index (χ2n) is 5.31. The molecule has 0 spiro atoms. The van der Waals surface area contributed by atoms with Crippen molar-refractivity contribution in [2.45, 2.75) is 46.8 Å². The lowest BCUT2D eigenvalue weighted by molar-refractivity contribution is 0.566. The van der Waals surface area contributed by atoms with Crippen molar-refractivity contribution in [3.05, 3.63) is 52.3 Å². The van der Waals surface area contributed by atoms with Gasteiger partial charge in [0.1, 0.15) is 0 Å². The number of nitriles is 1. The summed E-state index contributed by atoms with van der Waals surface area (Å²) in [5.74, 6) is 0. The fraction of sp³-hybridized carbons (Fsp3) is 0.412. The van der Waals surface area contributed by atoms with Crippen molar-refractivity contribution in [1.82, 2.24) is 15.1 Å². The molecule has 0 aliphatic carbocycles. The average Bonchev–Trinajstić information content (AvgIpc) is 2.79. The van der Waals surface area contributed by atoms with Gasteiger partial charge < -0.3 is 5.32 Å². The molecule has 1 N–H and O–H groups in total. The van der Waals surface area contributed by atoms with Crippen LogP contribution in [0.15, 0.2) is 24.3 Å². The predicted octanol–water partition coefficient (Wildman–Crippen LogP) is 3.24. The van der Waals surface area contributed by atoms with Crippen LogP contribution in [-0.4, -0.2) is 9.78 Å². The summed E-state index contributed by atoms with van der Waals surface area (Å²) >= 11 is 0. The zero-order valence-corrected chi connectivity index (χ0v) is 13.1. The maximum absolute atomic E-state index is 8.81. The van der Waals surface area contributed by atoms with Gasteiger partial charge in [0, 0.05) is 30.4 Å². The molecule has 0 saturated heterocycles. The molecular formula is C17H22N4. The Morgan fingerprint density at radius 3 is 2.48 bits per heavy atom. The molecule has 2 aromatic rings. The topological polar surface area (TPSA) is 53.6 Å². The van der Waals surface area contributed by atoms with Crippen molar-refractivity contribution in [1.29, 1.82) is 5.26 Å². The van der Waals surface area contributed by atoms with Crippen molar-refractivity contribution in [2.24, 2.45) is 0 Å². The van der Waals surface area contributed by atoms with Gasteiger partial charge in [-0.15, -0.1) is 0 Å². The average molecular weight is 282 g/mol. The van der Waals surface area contributed by atoms with Crippen LogP contribution >= 0.6 is 0 Å². The van der Waals surface area contributed by atoms with Gasteiger partial charge in [0.2, 0.25) is 0 Å². The molecule has 0 radical (unpaired) electrons. The van der Waals surface area contributed by atoms with E-state index >= 15 is 0 Å². The fourth-order valence-corrected chi connectivity index (χ4v) is 2.72. The quantitative estimate of drug-likeness (QED) is 0.916. The van der Waals surface area contributed by atoms with E-state index in [2.05, 4.69) is 44.2 Å². The normalized spacial score (nSPS) is 12.1. The van der Waals surface area contributed by atoms with Gasteiger partial charge in [0.15, 0.2) is 0 Å². The predicted molar refractivity (Wildman–Crippen MR) is 83.8 cm³/mol. The Labute approximate surface area is 126 Å². The minimum Gasteiger partial charge on any atom is -0.306 e. The zero-order valence-electron chi connectivity index (χ0n) is 13.1. The van der Waals surface area contributed by atoms with Gasteiger partial charge in [-0.1, -0.05) is 12.1 Å². The molecule has 0 aliphatic rings. The Morgan fingerprint density at radius 1 is 1.29 bits per heavy atom. The highest BCUT2D eigenvalue weighted by atomic mass is 15.3. The Balaban J connectivity index is 2.06. The summed E-state index contributed by atoms with van der Waals surface area (Å²) in [5, 5.41) is 16.9. The van der Waals surface area contributed by atoms with Gasteiger partial charge in [-0.25, -0.2) is 0 Å². The summed E-state index contributed by atoms with van der Waals surface area (Å²) in [7, 11) is 0. The molecule has 0 bridgehead atoms. The standard InChI is InChI=1S/C17H22N4/c1-5-21-14(4)17(13(3)20-21)12(2)19-11-16-8-6-15(10-18)7-9-16/h6-9,12,19H,5,11H2,1-4H3. The van der Waals surface area contributed by atoms with Crippen molar-refractivity contribution >= 4 is 0 Å². The molecule has 1 aromatic heterocycles. The van der Waals surface area contributed by atoms with Crippen LogP contribution in [0.3, 0.4) is 0 Å². The highest BCUT2D eigenvalue weighted by molar-refractivity contribution is 5.32.